The van der Waals surface area contributed by atoms with E-state index in [1.807, 2.05) is 69.3 Å². The van der Waals surface area contributed by atoms with Gasteiger partial charge in [-0.3, -0.25) is 4.79 Å². The maximum atomic E-state index is 13.4. The largest absolute Gasteiger partial charge is 0.461 e. The Kier molecular flexibility index (Phi) is 5.86. The lowest BCUT2D eigenvalue weighted by Gasteiger charge is -2.12. The average Bonchev–Trinajstić information content (AvgIpc) is 3.20. The predicted octanol–water partition coefficient (Wildman–Crippen LogP) is 6.76. The maximum Gasteiger partial charge on any atom is 0.310 e. The Bertz CT molecular complexity index is 930. The second-order valence-electron chi connectivity index (χ2n) is 8.29. The second-order valence-corrected chi connectivity index (χ2v) is 8.70. The van der Waals surface area contributed by atoms with E-state index in [9.17, 15) is 13.6 Å². The highest BCUT2D eigenvalue weighted by Crippen LogP contribution is 2.60. The van der Waals surface area contributed by atoms with E-state index in [0.29, 0.717) is 0 Å². The van der Waals surface area contributed by atoms with Gasteiger partial charge in [0.15, 0.2) is 0 Å². The van der Waals surface area contributed by atoms with Gasteiger partial charge in [0.2, 0.25) is 0 Å². The summed E-state index contributed by atoms with van der Waals surface area (Å²) in [5.74, 6) is -4.32. The number of hydrogen-bond acceptors (Lipinski definition) is 2. The zero-order valence-corrected chi connectivity index (χ0v) is 17.8. The molecule has 3 rings (SSSR count). The topological polar surface area (TPSA) is 26.3 Å². The molecule has 2 aromatic carbocycles. The van der Waals surface area contributed by atoms with Crippen LogP contribution in [-0.2, 0) is 16.1 Å². The summed E-state index contributed by atoms with van der Waals surface area (Å²) in [6, 6.07) is 15.9. The minimum Gasteiger partial charge on any atom is -0.461 e. The first-order valence-electron chi connectivity index (χ1n) is 9.59. The molecule has 0 unspecified atom stereocenters. The molecular weight excluding hydrogens is 394 g/mol. The molecule has 0 spiro atoms. The number of halogens is 3. The standard InChI is InChI=1S/C24H25ClF2O2/c1-15-17(11-8-12-18(15)16-9-6-5-7-10-16)14-29-22(28)21-19(23(21,2)3)13-20(25)24(4,26)27/h5-13,19,21H,14H2,1-4H3/b20-13-/t19-,21-/m0/s1. The van der Waals surface area contributed by atoms with Gasteiger partial charge >= 0.3 is 5.97 Å². The maximum absolute atomic E-state index is 13.4. The van der Waals surface area contributed by atoms with E-state index in [1.54, 1.807) is 0 Å². The summed E-state index contributed by atoms with van der Waals surface area (Å²) in [6.45, 7) is 6.61. The zero-order valence-electron chi connectivity index (χ0n) is 17.0. The number of rotatable bonds is 6. The first-order valence-corrected chi connectivity index (χ1v) is 9.97. The Hall–Kier alpha value is -2.20. The van der Waals surface area contributed by atoms with Crippen molar-refractivity contribution in [3.8, 4) is 11.1 Å². The Morgan fingerprint density at radius 2 is 1.83 bits per heavy atom. The van der Waals surface area contributed by atoms with Gasteiger partial charge in [-0.15, -0.1) is 0 Å². The fraction of sp³-hybridized carbons (Fsp3) is 0.375. The van der Waals surface area contributed by atoms with Crippen LogP contribution in [0.4, 0.5) is 8.78 Å². The van der Waals surface area contributed by atoms with Crippen LogP contribution in [0.2, 0.25) is 0 Å². The van der Waals surface area contributed by atoms with Crippen LogP contribution >= 0.6 is 11.6 Å². The molecule has 0 heterocycles. The van der Waals surface area contributed by atoms with Gasteiger partial charge in [-0.1, -0.05) is 80.1 Å². The van der Waals surface area contributed by atoms with Gasteiger partial charge < -0.3 is 4.74 Å². The van der Waals surface area contributed by atoms with Crippen molar-refractivity contribution in [3.05, 3.63) is 70.8 Å². The van der Waals surface area contributed by atoms with Crippen LogP contribution in [0, 0.1) is 24.2 Å². The molecule has 2 atom stereocenters. The van der Waals surface area contributed by atoms with Crippen molar-refractivity contribution in [1.82, 2.24) is 0 Å². The Balaban J connectivity index is 1.70. The molecule has 29 heavy (non-hydrogen) atoms. The average molecular weight is 419 g/mol. The summed E-state index contributed by atoms with van der Waals surface area (Å²) >= 11 is 5.72. The zero-order chi connectivity index (χ0) is 21.4. The van der Waals surface area contributed by atoms with Crippen molar-refractivity contribution in [2.75, 3.05) is 0 Å². The summed E-state index contributed by atoms with van der Waals surface area (Å²) in [6.07, 6.45) is 1.30. The first kappa shape index (κ1) is 21.5. The van der Waals surface area contributed by atoms with Crippen molar-refractivity contribution < 1.29 is 18.3 Å². The number of carbonyl (C=O) groups excluding carboxylic acids is 1. The van der Waals surface area contributed by atoms with Gasteiger partial charge in [0, 0.05) is 6.92 Å². The molecule has 1 aliphatic carbocycles. The number of benzene rings is 2. The molecule has 1 aliphatic rings. The highest BCUT2D eigenvalue weighted by Gasteiger charge is 2.62. The SMILES string of the molecule is Cc1c(COC(=O)[C@@H]2[C@H](/C=C(\Cl)C(C)(F)F)C2(C)C)cccc1-c1ccccc1. The molecule has 0 bridgehead atoms. The molecule has 0 amide bonds. The third-order valence-electron chi connectivity index (χ3n) is 5.81. The monoisotopic (exact) mass is 418 g/mol. The van der Waals surface area contributed by atoms with Crippen molar-refractivity contribution in [2.24, 2.45) is 17.3 Å². The molecule has 0 aliphatic heterocycles. The Morgan fingerprint density at radius 3 is 2.45 bits per heavy atom. The van der Waals surface area contributed by atoms with Gasteiger partial charge in [0.05, 0.1) is 11.0 Å². The van der Waals surface area contributed by atoms with E-state index in [0.717, 1.165) is 29.2 Å². The van der Waals surface area contributed by atoms with Crippen LogP contribution in [0.15, 0.2) is 59.6 Å². The summed E-state index contributed by atoms with van der Waals surface area (Å²) in [4.78, 5) is 12.6. The van der Waals surface area contributed by atoms with Crippen LogP contribution in [-0.4, -0.2) is 11.9 Å². The van der Waals surface area contributed by atoms with E-state index >= 15 is 0 Å². The van der Waals surface area contributed by atoms with E-state index < -0.39 is 22.3 Å². The smallest absolute Gasteiger partial charge is 0.310 e. The van der Waals surface area contributed by atoms with Crippen molar-refractivity contribution >= 4 is 17.6 Å². The van der Waals surface area contributed by atoms with Crippen LogP contribution in [0.3, 0.4) is 0 Å². The van der Waals surface area contributed by atoms with Gasteiger partial charge in [0.1, 0.15) is 6.61 Å². The van der Waals surface area contributed by atoms with Crippen LogP contribution in [0.1, 0.15) is 31.9 Å². The fourth-order valence-corrected chi connectivity index (χ4v) is 3.89. The van der Waals surface area contributed by atoms with E-state index in [2.05, 4.69) is 0 Å². The molecule has 2 aromatic rings. The van der Waals surface area contributed by atoms with E-state index in [1.165, 1.54) is 6.08 Å². The van der Waals surface area contributed by atoms with Crippen LogP contribution in [0.25, 0.3) is 11.1 Å². The van der Waals surface area contributed by atoms with E-state index in [4.69, 9.17) is 16.3 Å². The van der Waals surface area contributed by atoms with Gasteiger partial charge in [0.25, 0.3) is 5.92 Å². The van der Waals surface area contributed by atoms with Crippen molar-refractivity contribution in [3.63, 3.8) is 0 Å². The van der Waals surface area contributed by atoms with Crippen LogP contribution in [0.5, 0.6) is 0 Å². The summed E-state index contributed by atoms with van der Waals surface area (Å²) in [5, 5.41) is -0.530. The van der Waals surface area contributed by atoms with Crippen molar-refractivity contribution in [2.45, 2.75) is 40.2 Å². The highest BCUT2D eigenvalue weighted by molar-refractivity contribution is 6.30. The molecule has 154 valence electrons. The number of allylic oxidation sites excluding steroid dienone is 2. The molecule has 1 fully saturated rings. The van der Waals surface area contributed by atoms with Crippen molar-refractivity contribution in [1.29, 1.82) is 0 Å². The molecule has 5 heteroatoms. The number of ether oxygens (including phenoxy) is 1. The molecule has 0 N–H and O–H groups in total. The van der Waals surface area contributed by atoms with Gasteiger partial charge in [-0.25, -0.2) is 8.78 Å². The Morgan fingerprint density at radius 1 is 1.17 bits per heavy atom. The number of alkyl halides is 2. The number of esters is 1. The molecule has 1 saturated carbocycles. The minimum absolute atomic E-state index is 0.145. The molecule has 0 saturated heterocycles. The second kappa shape index (κ2) is 7.91. The van der Waals surface area contributed by atoms with Gasteiger partial charge in [-0.05, 0) is 40.5 Å². The molecular formula is C24H25ClF2O2. The highest BCUT2D eigenvalue weighted by atomic mass is 35.5. The fourth-order valence-electron chi connectivity index (χ4n) is 3.75. The summed E-state index contributed by atoms with van der Waals surface area (Å²) in [5.41, 5.74) is 3.70. The normalized spacial score (nSPS) is 21.0. The summed E-state index contributed by atoms with van der Waals surface area (Å²) in [7, 11) is 0. The number of hydrogen-bond donors (Lipinski definition) is 0. The lowest BCUT2D eigenvalue weighted by atomic mass is 9.97. The minimum atomic E-state index is -3.11. The first-order chi connectivity index (χ1) is 13.5. The Labute approximate surface area is 175 Å². The molecule has 0 aromatic heterocycles. The van der Waals surface area contributed by atoms with Gasteiger partial charge in [-0.2, -0.15) is 0 Å². The van der Waals surface area contributed by atoms with E-state index in [-0.39, 0.29) is 18.5 Å². The van der Waals surface area contributed by atoms with Crippen LogP contribution < -0.4 is 0 Å². The quantitative estimate of drug-likeness (QED) is 0.484. The summed E-state index contributed by atoms with van der Waals surface area (Å²) < 4.78 is 32.3. The molecule has 2 nitrogen and oxygen atoms in total. The molecule has 0 radical (unpaired) electrons. The lowest BCUT2D eigenvalue weighted by Crippen LogP contribution is -2.12. The third kappa shape index (κ3) is 4.53. The lowest BCUT2D eigenvalue weighted by molar-refractivity contribution is -0.147. The third-order valence-corrected chi connectivity index (χ3v) is 6.27. The number of carbonyl (C=O) groups is 1. The predicted molar refractivity (Wildman–Crippen MR) is 112 cm³/mol.